The predicted octanol–water partition coefficient (Wildman–Crippen LogP) is 3.89. The Morgan fingerprint density at radius 1 is 1.45 bits per heavy atom. The fraction of sp³-hybridized carbons (Fsp3) is 0.438. The second-order valence-electron chi connectivity index (χ2n) is 5.02. The number of carbonyl (C=O) groups is 1. The number of hydrogen-bond donors (Lipinski definition) is 0. The van der Waals surface area contributed by atoms with E-state index in [4.69, 9.17) is 17.0 Å². The zero-order chi connectivity index (χ0) is 14.7. The molecule has 0 saturated heterocycles. The highest BCUT2D eigenvalue weighted by Gasteiger charge is 2.26. The first kappa shape index (κ1) is 14.9. The fourth-order valence-corrected chi connectivity index (χ4v) is 2.85. The summed E-state index contributed by atoms with van der Waals surface area (Å²) in [5.41, 5.74) is 2.85. The van der Waals surface area contributed by atoms with Gasteiger partial charge in [0.15, 0.2) is 0 Å². The van der Waals surface area contributed by atoms with E-state index in [1.54, 1.807) is 6.92 Å². The molecule has 0 saturated carbocycles. The number of fused-ring (bicyclic) bond motifs is 1. The molecule has 2 rings (SSSR count). The van der Waals surface area contributed by atoms with Gasteiger partial charge in [0.25, 0.3) is 0 Å². The Hall–Kier alpha value is -1.55. The van der Waals surface area contributed by atoms with E-state index in [0.717, 1.165) is 34.0 Å². The van der Waals surface area contributed by atoms with Crippen molar-refractivity contribution in [2.24, 2.45) is 10.9 Å². The van der Waals surface area contributed by atoms with E-state index in [9.17, 15) is 4.79 Å². The van der Waals surface area contributed by atoms with Crippen LogP contribution in [0.1, 0.15) is 39.2 Å². The summed E-state index contributed by atoms with van der Waals surface area (Å²) < 4.78 is 5.52. The largest absolute Gasteiger partial charge is 0.494 e. The zero-order valence-electron chi connectivity index (χ0n) is 12.1. The van der Waals surface area contributed by atoms with Gasteiger partial charge in [-0.2, -0.15) is 0 Å². The van der Waals surface area contributed by atoms with Crippen LogP contribution in [0.4, 0.5) is 5.69 Å². The molecule has 1 aliphatic heterocycles. The molecule has 20 heavy (non-hydrogen) atoms. The number of carbonyl (C=O) groups excluding carboxylic acids is 1. The summed E-state index contributed by atoms with van der Waals surface area (Å²) in [4.78, 5) is 16.7. The second kappa shape index (κ2) is 6.27. The molecule has 106 valence electrons. The minimum atomic E-state index is 0.0817. The Morgan fingerprint density at radius 2 is 2.20 bits per heavy atom. The van der Waals surface area contributed by atoms with Crippen molar-refractivity contribution in [1.29, 1.82) is 0 Å². The van der Waals surface area contributed by atoms with Gasteiger partial charge in [-0.15, -0.1) is 0 Å². The van der Waals surface area contributed by atoms with Crippen LogP contribution in [0.15, 0.2) is 23.2 Å². The number of Topliss-reactive ketones (excluding diaryl/α,β-unsaturated/α-hetero) is 1. The zero-order valence-corrected chi connectivity index (χ0v) is 12.9. The van der Waals surface area contributed by atoms with Crippen LogP contribution in [0, 0.1) is 5.92 Å². The topological polar surface area (TPSA) is 38.7 Å². The predicted molar refractivity (Wildman–Crippen MR) is 85.5 cm³/mol. The third kappa shape index (κ3) is 3.12. The molecule has 1 heterocycles. The lowest BCUT2D eigenvalue weighted by Gasteiger charge is -2.24. The summed E-state index contributed by atoms with van der Waals surface area (Å²) in [6.07, 6.45) is 1.28. The molecule has 0 bridgehead atoms. The van der Waals surface area contributed by atoms with Crippen molar-refractivity contribution in [1.82, 2.24) is 0 Å². The highest BCUT2D eigenvalue weighted by Crippen LogP contribution is 2.34. The Balaban J connectivity index is 2.30. The Bertz CT molecular complexity index is 578. The molecular formula is C16H19NO2S. The van der Waals surface area contributed by atoms with Crippen LogP contribution in [0.2, 0.25) is 0 Å². The number of thiocarbonyl (C=S) groups is 1. The molecule has 0 radical (unpaired) electrons. The van der Waals surface area contributed by atoms with Gasteiger partial charge in [-0.25, -0.2) is 0 Å². The van der Waals surface area contributed by atoms with Crippen molar-refractivity contribution in [2.75, 3.05) is 6.61 Å². The van der Waals surface area contributed by atoms with Crippen LogP contribution in [0.3, 0.4) is 0 Å². The second-order valence-corrected chi connectivity index (χ2v) is 5.46. The van der Waals surface area contributed by atoms with Gasteiger partial charge in [-0.05, 0) is 45.4 Å². The van der Waals surface area contributed by atoms with E-state index >= 15 is 0 Å². The van der Waals surface area contributed by atoms with E-state index in [0.29, 0.717) is 13.0 Å². The maximum Gasteiger partial charge on any atom is 0.129 e. The molecule has 1 aromatic carbocycles. The van der Waals surface area contributed by atoms with Gasteiger partial charge >= 0.3 is 0 Å². The first-order valence-corrected chi connectivity index (χ1v) is 7.29. The van der Waals surface area contributed by atoms with Crippen molar-refractivity contribution >= 4 is 34.3 Å². The van der Waals surface area contributed by atoms with Gasteiger partial charge in [0.1, 0.15) is 11.5 Å². The molecule has 1 unspecified atom stereocenters. The normalized spacial score (nSPS) is 17.4. The highest BCUT2D eigenvalue weighted by molar-refractivity contribution is 7.81. The number of ketones is 1. The maximum atomic E-state index is 11.2. The molecule has 0 spiro atoms. The molecule has 1 aliphatic rings. The number of nitrogens with zero attached hydrogens (tertiary/aromatic N) is 1. The minimum Gasteiger partial charge on any atom is -0.494 e. The molecule has 0 N–H and O–H groups in total. The average Bonchev–Trinajstić information content (AvgIpc) is 2.39. The fourth-order valence-electron chi connectivity index (χ4n) is 2.40. The number of benzene rings is 1. The van der Waals surface area contributed by atoms with Crippen molar-refractivity contribution in [3.8, 4) is 5.75 Å². The van der Waals surface area contributed by atoms with E-state index in [-0.39, 0.29) is 11.7 Å². The number of ether oxygens (including phenoxy) is 1. The smallest absolute Gasteiger partial charge is 0.129 e. The Labute approximate surface area is 125 Å². The molecule has 0 fully saturated rings. The molecule has 1 aromatic rings. The first-order chi connectivity index (χ1) is 9.52. The Kier molecular flexibility index (Phi) is 4.65. The van der Waals surface area contributed by atoms with Crippen LogP contribution in [-0.4, -0.2) is 23.0 Å². The van der Waals surface area contributed by atoms with Crippen LogP contribution < -0.4 is 4.74 Å². The summed E-state index contributed by atoms with van der Waals surface area (Å²) in [6, 6.07) is 5.81. The quantitative estimate of drug-likeness (QED) is 0.772. The summed E-state index contributed by atoms with van der Waals surface area (Å²) in [5.74, 6) is 1.08. The highest BCUT2D eigenvalue weighted by atomic mass is 32.1. The first-order valence-electron chi connectivity index (χ1n) is 6.88. The summed E-state index contributed by atoms with van der Waals surface area (Å²) in [7, 11) is 0. The molecule has 0 aromatic heterocycles. The van der Waals surface area contributed by atoms with Crippen molar-refractivity contribution in [2.45, 2.75) is 33.6 Å². The number of hydrogen-bond acceptors (Lipinski definition) is 4. The van der Waals surface area contributed by atoms with Gasteiger partial charge in [-0.3, -0.25) is 4.99 Å². The molecular weight excluding hydrogens is 270 g/mol. The summed E-state index contributed by atoms with van der Waals surface area (Å²) in [5, 5.41) is 0. The monoisotopic (exact) mass is 289 g/mol. The lowest BCUT2D eigenvalue weighted by Crippen LogP contribution is -2.25. The van der Waals surface area contributed by atoms with Gasteiger partial charge in [0, 0.05) is 28.5 Å². The van der Waals surface area contributed by atoms with Crippen LogP contribution >= 0.6 is 12.2 Å². The van der Waals surface area contributed by atoms with Gasteiger partial charge in [0.2, 0.25) is 0 Å². The van der Waals surface area contributed by atoms with E-state index < -0.39 is 0 Å². The third-order valence-corrected chi connectivity index (χ3v) is 3.95. The van der Waals surface area contributed by atoms with Gasteiger partial charge < -0.3 is 9.53 Å². The van der Waals surface area contributed by atoms with Crippen molar-refractivity contribution in [3.63, 3.8) is 0 Å². The molecule has 4 heteroatoms. The number of aliphatic imine (C=N–C) groups is 1. The lowest BCUT2D eigenvalue weighted by molar-refractivity contribution is -0.117. The summed E-state index contributed by atoms with van der Waals surface area (Å²) >= 11 is 5.61. The van der Waals surface area contributed by atoms with E-state index in [1.807, 2.05) is 32.0 Å². The average molecular weight is 289 g/mol. The van der Waals surface area contributed by atoms with Gasteiger partial charge in [-0.1, -0.05) is 12.2 Å². The van der Waals surface area contributed by atoms with Crippen LogP contribution in [0.25, 0.3) is 0 Å². The SMILES string of the molecule is CCOc1ccc2c(c1)C(=S)C(CCC(C)=O)C(C)=N2. The maximum absolute atomic E-state index is 11.2. The Morgan fingerprint density at radius 3 is 2.85 bits per heavy atom. The third-order valence-electron chi connectivity index (χ3n) is 3.45. The minimum absolute atomic E-state index is 0.0817. The standard InChI is InChI=1S/C16H19NO2S/c1-4-19-12-6-8-15-14(9-12)16(20)13(11(3)17-15)7-5-10(2)18/h6,8-9,13H,4-5,7H2,1-3H3. The van der Waals surface area contributed by atoms with Crippen molar-refractivity contribution < 1.29 is 9.53 Å². The lowest BCUT2D eigenvalue weighted by atomic mass is 9.87. The van der Waals surface area contributed by atoms with Gasteiger partial charge in [0.05, 0.1) is 12.3 Å². The molecule has 3 nitrogen and oxygen atoms in total. The summed E-state index contributed by atoms with van der Waals surface area (Å²) in [6.45, 7) is 6.17. The number of rotatable bonds is 5. The van der Waals surface area contributed by atoms with E-state index in [2.05, 4.69) is 4.99 Å². The molecule has 0 aliphatic carbocycles. The van der Waals surface area contributed by atoms with Crippen molar-refractivity contribution in [3.05, 3.63) is 23.8 Å². The van der Waals surface area contributed by atoms with Crippen LogP contribution in [0.5, 0.6) is 5.75 Å². The van der Waals surface area contributed by atoms with E-state index in [1.165, 1.54) is 0 Å². The molecule has 0 amide bonds. The molecule has 1 atom stereocenters. The van der Waals surface area contributed by atoms with Crippen LogP contribution in [-0.2, 0) is 4.79 Å².